The summed E-state index contributed by atoms with van der Waals surface area (Å²) in [6, 6.07) is 7.54. The second-order valence-electron chi connectivity index (χ2n) is 6.38. The SMILES string of the molecule is O=C(NCC(O)(c1ccco1)C1CC1)C(=O)Nc1ccc(OC(F)(F)F)cc1. The van der Waals surface area contributed by atoms with Gasteiger partial charge < -0.3 is 24.9 Å². The van der Waals surface area contributed by atoms with E-state index in [1.165, 1.54) is 6.26 Å². The summed E-state index contributed by atoms with van der Waals surface area (Å²) in [6.07, 6.45) is -1.88. The van der Waals surface area contributed by atoms with Gasteiger partial charge in [-0.2, -0.15) is 0 Å². The van der Waals surface area contributed by atoms with E-state index < -0.39 is 29.5 Å². The molecule has 1 aromatic carbocycles. The summed E-state index contributed by atoms with van der Waals surface area (Å²) in [5.41, 5.74) is -1.30. The number of anilines is 1. The van der Waals surface area contributed by atoms with E-state index in [0.29, 0.717) is 5.76 Å². The molecule has 1 aromatic heterocycles. The van der Waals surface area contributed by atoms with E-state index in [4.69, 9.17) is 4.42 Å². The third kappa shape index (κ3) is 4.83. The first kappa shape index (κ1) is 19.7. The van der Waals surface area contributed by atoms with E-state index in [1.54, 1.807) is 12.1 Å². The topological polar surface area (TPSA) is 101 Å². The van der Waals surface area contributed by atoms with E-state index in [-0.39, 0.29) is 18.2 Å². The molecular weight excluding hydrogens is 381 g/mol. The van der Waals surface area contributed by atoms with Gasteiger partial charge in [0.2, 0.25) is 0 Å². The monoisotopic (exact) mass is 398 g/mol. The van der Waals surface area contributed by atoms with Crippen LogP contribution in [-0.4, -0.2) is 29.8 Å². The van der Waals surface area contributed by atoms with Crippen LogP contribution in [0.15, 0.2) is 47.1 Å². The highest BCUT2D eigenvalue weighted by atomic mass is 19.4. The molecule has 1 aliphatic carbocycles. The van der Waals surface area contributed by atoms with Gasteiger partial charge in [0.05, 0.1) is 12.8 Å². The molecule has 2 amide bonds. The van der Waals surface area contributed by atoms with Gasteiger partial charge in [-0.05, 0) is 55.2 Å². The number of nitrogens with one attached hydrogen (secondary N) is 2. The molecule has 7 nitrogen and oxygen atoms in total. The van der Waals surface area contributed by atoms with E-state index in [9.17, 15) is 27.9 Å². The molecule has 1 saturated carbocycles. The second kappa shape index (κ2) is 7.55. The zero-order valence-corrected chi connectivity index (χ0v) is 14.5. The van der Waals surface area contributed by atoms with Crippen molar-refractivity contribution in [3.63, 3.8) is 0 Å². The Morgan fingerprint density at radius 1 is 1.14 bits per heavy atom. The van der Waals surface area contributed by atoms with E-state index >= 15 is 0 Å². The van der Waals surface area contributed by atoms with Crippen molar-refractivity contribution in [2.24, 2.45) is 5.92 Å². The van der Waals surface area contributed by atoms with Gasteiger partial charge in [-0.1, -0.05) is 0 Å². The normalized spacial score (nSPS) is 16.1. The quantitative estimate of drug-likeness (QED) is 0.650. The molecule has 0 bridgehead atoms. The Bertz CT molecular complexity index is 832. The van der Waals surface area contributed by atoms with Crippen LogP contribution in [-0.2, 0) is 15.2 Å². The van der Waals surface area contributed by atoms with Gasteiger partial charge in [0, 0.05) is 5.69 Å². The lowest BCUT2D eigenvalue weighted by molar-refractivity contribution is -0.274. The van der Waals surface area contributed by atoms with Crippen LogP contribution < -0.4 is 15.4 Å². The number of furan rings is 1. The largest absolute Gasteiger partial charge is 0.573 e. The number of aliphatic hydroxyl groups is 1. The molecule has 1 unspecified atom stereocenters. The number of carbonyl (C=O) groups excluding carboxylic acids is 2. The number of hydrogen-bond acceptors (Lipinski definition) is 5. The second-order valence-corrected chi connectivity index (χ2v) is 6.38. The highest BCUT2D eigenvalue weighted by Crippen LogP contribution is 2.45. The van der Waals surface area contributed by atoms with E-state index in [0.717, 1.165) is 37.1 Å². The Balaban J connectivity index is 1.55. The number of alkyl halides is 3. The molecule has 28 heavy (non-hydrogen) atoms. The summed E-state index contributed by atoms with van der Waals surface area (Å²) in [6.45, 7) is -0.213. The van der Waals surface area contributed by atoms with E-state index in [2.05, 4.69) is 15.4 Å². The number of hydrogen-bond donors (Lipinski definition) is 3. The van der Waals surface area contributed by atoms with Gasteiger partial charge in [0.1, 0.15) is 17.1 Å². The fourth-order valence-corrected chi connectivity index (χ4v) is 2.74. The summed E-state index contributed by atoms with van der Waals surface area (Å²) in [5.74, 6) is -2.26. The molecule has 1 fully saturated rings. The minimum Gasteiger partial charge on any atom is -0.466 e. The molecule has 0 saturated heterocycles. The van der Waals surface area contributed by atoms with Crippen molar-refractivity contribution in [3.8, 4) is 5.75 Å². The van der Waals surface area contributed by atoms with Crippen LogP contribution in [0.25, 0.3) is 0 Å². The Morgan fingerprint density at radius 2 is 1.82 bits per heavy atom. The van der Waals surface area contributed by atoms with Crippen LogP contribution in [0, 0.1) is 5.92 Å². The maximum atomic E-state index is 12.1. The molecule has 150 valence electrons. The highest BCUT2D eigenvalue weighted by molar-refractivity contribution is 6.39. The van der Waals surface area contributed by atoms with Crippen molar-refractivity contribution in [2.45, 2.75) is 24.8 Å². The summed E-state index contributed by atoms with van der Waals surface area (Å²) < 4.78 is 45.4. The number of benzene rings is 1. The minimum absolute atomic E-state index is 0.0804. The zero-order valence-electron chi connectivity index (χ0n) is 14.5. The highest BCUT2D eigenvalue weighted by Gasteiger charge is 2.47. The molecule has 10 heteroatoms. The van der Waals surface area contributed by atoms with Crippen LogP contribution in [0.2, 0.25) is 0 Å². The fraction of sp³-hybridized carbons (Fsp3) is 0.333. The van der Waals surface area contributed by atoms with Crippen molar-refractivity contribution in [2.75, 3.05) is 11.9 Å². The minimum atomic E-state index is -4.82. The predicted octanol–water partition coefficient (Wildman–Crippen LogP) is 2.53. The Labute approximate surface area is 157 Å². The summed E-state index contributed by atoms with van der Waals surface area (Å²) >= 11 is 0. The first-order valence-electron chi connectivity index (χ1n) is 8.39. The smallest absolute Gasteiger partial charge is 0.466 e. The predicted molar refractivity (Wildman–Crippen MR) is 90.1 cm³/mol. The molecule has 0 spiro atoms. The Morgan fingerprint density at radius 3 is 2.36 bits per heavy atom. The lowest BCUT2D eigenvalue weighted by Gasteiger charge is -2.26. The third-order valence-electron chi connectivity index (χ3n) is 4.27. The van der Waals surface area contributed by atoms with Gasteiger partial charge in [0.15, 0.2) is 0 Å². The summed E-state index contributed by atoms with van der Waals surface area (Å²) in [5, 5.41) is 15.4. The lowest BCUT2D eigenvalue weighted by Crippen LogP contribution is -2.45. The van der Waals surface area contributed by atoms with Gasteiger partial charge in [-0.3, -0.25) is 9.59 Å². The average molecular weight is 398 g/mol. The molecule has 0 aliphatic heterocycles. The van der Waals surface area contributed by atoms with Gasteiger partial charge >= 0.3 is 18.2 Å². The van der Waals surface area contributed by atoms with Crippen molar-refractivity contribution in [3.05, 3.63) is 48.4 Å². The van der Waals surface area contributed by atoms with E-state index in [1.807, 2.05) is 0 Å². The maximum absolute atomic E-state index is 12.1. The summed E-state index contributed by atoms with van der Waals surface area (Å²) in [7, 11) is 0. The summed E-state index contributed by atoms with van der Waals surface area (Å²) in [4.78, 5) is 24.0. The maximum Gasteiger partial charge on any atom is 0.573 e. The fourth-order valence-electron chi connectivity index (χ4n) is 2.74. The Kier molecular flexibility index (Phi) is 5.32. The number of amides is 2. The molecule has 1 atom stereocenters. The van der Waals surface area contributed by atoms with Crippen LogP contribution in [0.4, 0.5) is 18.9 Å². The Hall–Kier alpha value is -3.01. The van der Waals surface area contributed by atoms with Crippen LogP contribution in [0.3, 0.4) is 0 Å². The molecule has 2 aromatic rings. The number of halogens is 3. The van der Waals surface area contributed by atoms with Crippen molar-refractivity contribution < 1.29 is 37.0 Å². The van der Waals surface area contributed by atoms with Crippen molar-refractivity contribution >= 4 is 17.5 Å². The molecule has 1 aliphatic rings. The van der Waals surface area contributed by atoms with Crippen LogP contribution in [0.1, 0.15) is 18.6 Å². The lowest BCUT2D eigenvalue weighted by atomic mass is 9.94. The number of rotatable bonds is 6. The van der Waals surface area contributed by atoms with Crippen LogP contribution in [0.5, 0.6) is 5.75 Å². The molecule has 3 N–H and O–H groups in total. The van der Waals surface area contributed by atoms with Gasteiger partial charge in [0.25, 0.3) is 0 Å². The number of ether oxygens (including phenoxy) is 1. The molecule has 0 radical (unpaired) electrons. The van der Waals surface area contributed by atoms with Crippen molar-refractivity contribution in [1.29, 1.82) is 0 Å². The van der Waals surface area contributed by atoms with Crippen LogP contribution >= 0.6 is 0 Å². The molecule has 3 rings (SSSR count). The van der Waals surface area contributed by atoms with Gasteiger partial charge in [-0.15, -0.1) is 13.2 Å². The van der Waals surface area contributed by atoms with Gasteiger partial charge in [-0.25, -0.2) is 0 Å². The first-order chi connectivity index (χ1) is 13.2. The third-order valence-corrected chi connectivity index (χ3v) is 4.27. The molecular formula is C18H17F3N2O5. The zero-order chi connectivity index (χ0) is 20.4. The standard InChI is InChI=1S/C18H17F3N2O5/c19-18(20,21)28-13-7-5-12(6-8-13)23-16(25)15(24)22-10-17(26,11-3-4-11)14-2-1-9-27-14/h1-2,5-9,11,26H,3-4,10H2,(H,22,24)(H,23,25). The molecule has 1 heterocycles. The average Bonchev–Trinajstić information content (AvgIpc) is 3.34. The van der Waals surface area contributed by atoms with Crippen molar-refractivity contribution in [1.82, 2.24) is 5.32 Å². The number of carbonyl (C=O) groups is 2. The first-order valence-corrected chi connectivity index (χ1v) is 8.39.